The first-order valence-corrected chi connectivity index (χ1v) is 8.29. The molecule has 22 heavy (non-hydrogen) atoms. The van der Waals surface area contributed by atoms with Gasteiger partial charge < -0.3 is 9.67 Å². The van der Waals surface area contributed by atoms with Crippen molar-refractivity contribution in [3.63, 3.8) is 0 Å². The second-order valence-corrected chi connectivity index (χ2v) is 6.77. The number of amides is 1. The lowest BCUT2D eigenvalue weighted by atomic mass is 10.1. The number of aromatic nitrogens is 1. The van der Waals surface area contributed by atoms with Crippen LogP contribution in [0.5, 0.6) is 0 Å². The second-order valence-electron chi connectivity index (χ2n) is 5.09. The van der Waals surface area contributed by atoms with Crippen LogP contribution in [0.15, 0.2) is 23.2 Å². The number of aryl methyl sites for hydroxylation is 1. The van der Waals surface area contributed by atoms with Crippen molar-refractivity contribution in [2.45, 2.75) is 32.2 Å². The van der Waals surface area contributed by atoms with Crippen LogP contribution in [0, 0.1) is 0 Å². The number of thiocarbonyl (C=S) groups is 1. The van der Waals surface area contributed by atoms with Gasteiger partial charge in [0, 0.05) is 18.9 Å². The molecular formula is C15H18N2O3S2. The molecule has 2 rings (SSSR count). The molecule has 0 unspecified atom stereocenters. The molecule has 0 saturated carbocycles. The molecule has 0 radical (unpaired) electrons. The third-order valence-electron chi connectivity index (χ3n) is 3.51. The normalized spacial score (nSPS) is 18.3. The Morgan fingerprint density at radius 1 is 1.55 bits per heavy atom. The van der Waals surface area contributed by atoms with Crippen LogP contribution in [-0.4, -0.2) is 36.8 Å². The molecule has 1 aliphatic heterocycles. The van der Waals surface area contributed by atoms with E-state index in [9.17, 15) is 14.7 Å². The van der Waals surface area contributed by atoms with Gasteiger partial charge in [-0.25, -0.2) is 4.79 Å². The van der Waals surface area contributed by atoms with Crippen LogP contribution in [-0.2, 0) is 16.6 Å². The number of aliphatic carboxylic acids is 1. The second kappa shape index (κ2) is 7.11. The van der Waals surface area contributed by atoms with Crippen LogP contribution in [0.2, 0.25) is 0 Å². The number of unbranched alkanes of at least 4 members (excludes halogenated alkanes) is 1. The lowest BCUT2D eigenvalue weighted by Crippen LogP contribution is -2.43. The molecule has 0 aromatic carbocycles. The van der Waals surface area contributed by atoms with E-state index >= 15 is 0 Å². The highest BCUT2D eigenvalue weighted by Crippen LogP contribution is 2.35. The fourth-order valence-electron chi connectivity index (χ4n) is 2.27. The number of nitrogens with zero attached hydrogens (tertiary/aromatic N) is 2. The highest BCUT2D eigenvalue weighted by Gasteiger charge is 2.40. The van der Waals surface area contributed by atoms with Gasteiger partial charge in [-0.15, -0.1) is 0 Å². The molecule has 118 valence electrons. The maximum Gasteiger partial charge on any atom is 0.326 e. The van der Waals surface area contributed by atoms with Crippen LogP contribution in [0.25, 0.3) is 6.08 Å². The van der Waals surface area contributed by atoms with E-state index in [0.29, 0.717) is 15.6 Å². The molecule has 1 fully saturated rings. The summed E-state index contributed by atoms with van der Waals surface area (Å²) in [5.74, 6) is -1.33. The predicted molar refractivity (Wildman–Crippen MR) is 91.4 cm³/mol. The predicted octanol–water partition coefficient (Wildman–Crippen LogP) is 2.87. The van der Waals surface area contributed by atoms with E-state index in [4.69, 9.17) is 12.2 Å². The molecule has 1 aromatic rings. The Hall–Kier alpha value is -1.60. The molecule has 1 amide bonds. The first-order chi connectivity index (χ1) is 10.5. The van der Waals surface area contributed by atoms with Gasteiger partial charge in [-0.05, 0) is 24.6 Å². The quantitative estimate of drug-likeness (QED) is 0.638. The molecule has 1 aromatic heterocycles. The van der Waals surface area contributed by atoms with Gasteiger partial charge in [-0.3, -0.25) is 9.69 Å². The topological polar surface area (TPSA) is 62.5 Å². The van der Waals surface area contributed by atoms with E-state index in [1.54, 1.807) is 6.08 Å². The van der Waals surface area contributed by atoms with Gasteiger partial charge in [-0.1, -0.05) is 43.7 Å². The van der Waals surface area contributed by atoms with Crippen LogP contribution >= 0.6 is 24.0 Å². The Morgan fingerprint density at radius 2 is 2.27 bits per heavy atom. The number of carbonyl (C=O) groups is 2. The number of carbonyl (C=O) groups excluding carboxylic acids is 1. The molecule has 5 nitrogen and oxygen atoms in total. The summed E-state index contributed by atoms with van der Waals surface area (Å²) < 4.78 is 2.20. The van der Waals surface area contributed by atoms with E-state index in [1.807, 2.05) is 36.9 Å². The Morgan fingerprint density at radius 3 is 2.82 bits per heavy atom. The van der Waals surface area contributed by atoms with Crippen molar-refractivity contribution in [2.75, 3.05) is 0 Å². The minimum absolute atomic E-state index is 0.314. The third-order valence-corrected chi connectivity index (χ3v) is 4.84. The zero-order valence-corrected chi connectivity index (χ0v) is 14.1. The van der Waals surface area contributed by atoms with Gasteiger partial charge in [0.15, 0.2) is 0 Å². The molecule has 0 bridgehead atoms. The zero-order chi connectivity index (χ0) is 16.3. The molecule has 0 aliphatic carbocycles. The maximum absolute atomic E-state index is 12.5. The van der Waals surface area contributed by atoms with Crippen molar-refractivity contribution in [2.24, 2.45) is 7.05 Å². The van der Waals surface area contributed by atoms with E-state index < -0.39 is 12.0 Å². The number of thioether (sulfide) groups is 1. The van der Waals surface area contributed by atoms with Crippen LogP contribution in [0.1, 0.15) is 31.9 Å². The lowest BCUT2D eigenvalue weighted by molar-refractivity contribution is -0.145. The first kappa shape index (κ1) is 16.8. The molecule has 2 heterocycles. The molecule has 1 atom stereocenters. The summed E-state index contributed by atoms with van der Waals surface area (Å²) in [5, 5.41) is 9.40. The summed E-state index contributed by atoms with van der Waals surface area (Å²) in [5.41, 5.74) is 0.876. The Kier molecular flexibility index (Phi) is 5.42. The minimum Gasteiger partial charge on any atom is -0.480 e. The largest absolute Gasteiger partial charge is 0.480 e. The van der Waals surface area contributed by atoms with Gasteiger partial charge in [0.2, 0.25) is 0 Å². The highest BCUT2D eigenvalue weighted by molar-refractivity contribution is 8.26. The fourth-order valence-corrected chi connectivity index (χ4v) is 3.61. The van der Waals surface area contributed by atoms with Crippen molar-refractivity contribution < 1.29 is 14.7 Å². The Bertz CT molecular complexity index is 636. The van der Waals surface area contributed by atoms with Crippen molar-refractivity contribution in [1.82, 2.24) is 9.47 Å². The summed E-state index contributed by atoms with van der Waals surface area (Å²) in [4.78, 5) is 25.7. The number of carboxylic acid groups (broad SMARTS) is 1. The van der Waals surface area contributed by atoms with E-state index in [1.165, 1.54) is 4.90 Å². The summed E-state index contributed by atoms with van der Waals surface area (Å²) in [6.45, 7) is 1.98. The number of carboxylic acids is 1. The van der Waals surface area contributed by atoms with Crippen LogP contribution < -0.4 is 0 Å². The Balaban J connectivity index is 2.26. The summed E-state index contributed by atoms with van der Waals surface area (Å²) in [7, 11) is 1.88. The van der Waals surface area contributed by atoms with Crippen LogP contribution in [0.3, 0.4) is 0 Å². The van der Waals surface area contributed by atoms with E-state index in [0.717, 1.165) is 30.3 Å². The highest BCUT2D eigenvalue weighted by atomic mass is 32.2. The van der Waals surface area contributed by atoms with Crippen molar-refractivity contribution >= 4 is 46.3 Å². The van der Waals surface area contributed by atoms with Crippen molar-refractivity contribution in [3.05, 3.63) is 28.9 Å². The van der Waals surface area contributed by atoms with Crippen molar-refractivity contribution in [1.29, 1.82) is 0 Å². The SMILES string of the molecule is CCCC[C@H](C(=O)O)N1C(=O)/C(=C\c2cccn2C)SC1=S. The minimum atomic E-state index is -1.01. The van der Waals surface area contributed by atoms with Gasteiger partial charge in [0.05, 0.1) is 4.91 Å². The van der Waals surface area contributed by atoms with Gasteiger partial charge in [0.1, 0.15) is 10.4 Å². The number of hydrogen-bond donors (Lipinski definition) is 1. The molecule has 1 N–H and O–H groups in total. The van der Waals surface area contributed by atoms with E-state index in [-0.39, 0.29) is 5.91 Å². The first-order valence-electron chi connectivity index (χ1n) is 7.07. The maximum atomic E-state index is 12.5. The Labute approximate surface area is 139 Å². The summed E-state index contributed by atoms with van der Waals surface area (Å²) in [6.07, 6.45) is 5.66. The summed E-state index contributed by atoms with van der Waals surface area (Å²) in [6, 6.07) is 2.89. The van der Waals surface area contributed by atoms with Crippen LogP contribution in [0.4, 0.5) is 0 Å². The molecule has 0 spiro atoms. The number of hydrogen-bond acceptors (Lipinski definition) is 4. The summed E-state index contributed by atoms with van der Waals surface area (Å²) >= 11 is 6.39. The van der Waals surface area contributed by atoms with Gasteiger partial charge in [-0.2, -0.15) is 0 Å². The average molecular weight is 338 g/mol. The van der Waals surface area contributed by atoms with Gasteiger partial charge in [0.25, 0.3) is 5.91 Å². The molecule has 1 saturated heterocycles. The fraction of sp³-hybridized carbons (Fsp3) is 0.400. The number of rotatable bonds is 6. The standard InChI is InChI=1S/C15H18N2O3S2/c1-3-4-7-11(14(19)20)17-13(18)12(22-15(17)21)9-10-6-5-8-16(10)2/h5-6,8-9,11H,3-4,7H2,1-2H3,(H,19,20)/b12-9+/t11-/m1/s1. The lowest BCUT2D eigenvalue weighted by Gasteiger charge is -2.22. The smallest absolute Gasteiger partial charge is 0.326 e. The monoisotopic (exact) mass is 338 g/mol. The van der Waals surface area contributed by atoms with Gasteiger partial charge >= 0.3 is 5.97 Å². The molecular weight excluding hydrogens is 320 g/mol. The zero-order valence-electron chi connectivity index (χ0n) is 12.5. The van der Waals surface area contributed by atoms with E-state index in [2.05, 4.69) is 0 Å². The van der Waals surface area contributed by atoms with Crippen molar-refractivity contribution in [3.8, 4) is 0 Å². The average Bonchev–Trinajstić information content (AvgIpc) is 2.97. The molecule has 7 heteroatoms. The molecule has 1 aliphatic rings. The third kappa shape index (κ3) is 3.41.